The molecule has 5 N–H and O–H groups in total. The van der Waals surface area contributed by atoms with Gasteiger partial charge in [-0.2, -0.15) is 0 Å². The topological polar surface area (TPSA) is 105 Å². The molecule has 1 amide bonds. The van der Waals surface area contributed by atoms with E-state index in [-0.39, 0.29) is 5.91 Å². The second kappa shape index (κ2) is 6.33. The van der Waals surface area contributed by atoms with Crippen molar-refractivity contribution in [2.24, 2.45) is 5.84 Å². The number of nitrogen functional groups attached to an aromatic ring is 1. The van der Waals surface area contributed by atoms with E-state index in [1.807, 2.05) is 6.92 Å². The molecule has 0 saturated heterocycles. The number of hydrazine groups is 1. The van der Waals surface area contributed by atoms with Crippen LogP contribution in [0.25, 0.3) is 0 Å². The van der Waals surface area contributed by atoms with Crippen molar-refractivity contribution in [2.75, 3.05) is 17.3 Å². The molecule has 7 nitrogen and oxygen atoms in total. The summed E-state index contributed by atoms with van der Waals surface area (Å²) < 4.78 is 0. The van der Waals surface area contributed by atoms with E-state index in [0.29, 0.717) is 36.5 Å². The SMILES string of the molecule is CCc1nc(NN)cc(NCCC(=O)NC2CC2)n1. The van der Waals surface area contributed by atoms with Gasteiger partial charge in [-0.3, -0.25) is 4.79 Å². The molecular formula is C12H20N6O. The molecule has 0 spiro atoms. The van der Waals surface area contributed by atoms with Crippen LogP contribution in [0.15, 0.2) is 6.07 Å². The number of hydrogen-bond acceptors (Lipinski definition) is 6. The maximum Gasteiger partial charge on any atom is 0.221 e. The third-order valence-electron chi connectivity index (χ3n) is 2.84. The van der Waals surface area contributed by atoms with Crippen LogP contribution in [0, 0.1) is 0 Å². The number of aryl methyl sites for hydroxylation is 1. The van der Waals surface area contributed by atoms with E-state index in [1.165, 1.54) is 0 Å². The fraction of sp³-hybridized carbons (Fsp3) is 0.583. The highest BCUT2D eigenvalue weighted by atomic mass is 16.1. The highest BCUT2D eigenvalue weighted by molar-refractivity contribution is 5.77. The van der Waals surface area contributed by atoms with Gasteiger partial charge < -0.3 is 16.1 Å². The molecule has 0 aliphatic heterocycles. The van der Waals surface area contributed by atoms with Crippen molar-refractivity contribution in [3.8, 4) is 0 Å². The maximum absolute atomic E-state index is 11.5. The second-order valence-electron chi connectivity index (χ2n) is 4.57. The summed E-state index contributed by atoms with van der Waals surface area (Å²) in [5.74, 6) is 7.38. The molecule has 7 heteroatoms. The van der Waals surface area contributed by atoms with Crippen molar-refractivity contribution in [1.29, 1.82) is 0 Å². The van der Waals surface area contributed by atoms with Gasteiger partial charge in [-0.05, 0) is 12.8 Å². The van der Waals surface area contributed by atoms with Crippen molar-refractivity contribution >= 4 is 17.5 Å². The molecule has 0 aromatic carbocycles. The number of anilines is 2. The van der Waals surface area contributed by atoms with Crippen LogP contribution in [-0.2, 0) is 11.2 Å². The van der Waals surface area contributed by atoms with Crippen LogP contribution in [0.2, 0.25) is 0 Å². The predicted octanol–water partition coefficient (Wildman–Crippen LogP) is 0.405. The lowest BCUT2D eigenvalue weighted by molar-refractivity contribution is -0.120. The first-order valence-corrected chi connectivity index (χ1v) is 6.59. The lowest BCUT2D eigenvalue weighted by Crippen LogP contribution is -2.27. The van der Waals surface area contributed by atoms with Crippen molar-refractivity contribution in [1.82, 2.24) is 15.3 Å². The summed E-state index contributed by atoms with van der Waals surface area (Å²) in [6.45, 7) is 2.52. The number of nitrogens with zero attached hydrogens (tertiary/aromatic N) is 2. The second-order valence-corrected chi connectivity index (χ2v) is 4.57. The van der Waals surface area contributed by atoms with E-state index in [4.69, 9.17) is 5.84 Å². The van der Waals surface area contributed by atoms with Gasteiger partial charge in [0.2, 0.25) is 5.91 Å². The Morgan fingerprint density at radius 3 is 2.79 bits per heavy atom. The molecule has 1 fully saturated rings. The molecule has 1 aromatic rings. The molecule has 0 atom stereocenters. The fourth-order valence-corrected chi connectivity index (χ4v) is 1.65. The molecule has 104 valence electrons. The van der Waals surface area contributed by atoms with Gasteiger partial charge >= 0.3 is 0 Å². The Bertz CT molecular complexity index is 424. The predicted molar refractivity (Wildman–Crippen MR) is 73.5 cm³/mol. The molecule has 1 saturated carbocycles. The van der Waals surface area contributed by atoms with Gasteiger partial charge in [0.05, 0.1) is 0 Å². The standard InChI is InChI=1S/C12H20N6O/c1-2-9-16-10(7-11(17-9)18-13)14-6-5-12(19)15-8-3-4-8/h7-8H,2-6,13H2,1H3,(H,15,19)(H2,14,16,17,18). The zero-order valence-electron chi connectivity index (χ0n) is 11.1. The summed E-state index contributed by atoms with van der Waals surface area (Å²) in [6.07, 6.45) is 3.38. The lowest BCUT2D eigenvalue weighted by atomic mass is 10.3. The molecule has 0 bridgehead atoms. The molecule has 0 unspecified atom stereocenters. The van der Waals surface area contributed by atoms with E-state index in [1.54, 1.807) is 6.07 Å². The molecule has 19 heavy (non-hydrogen) atoms. The van der Waals surface area contributed by atoms with E-state index >= 15 is 0 Å². The van der Waals surface area contributed by atoms with E-state index < -0.39 is 0 Å². The number of nitrogens with one attached hydrogen (secondary N) is 3. The molecule has 0 radical (unpaired) electrons. The van der Waals surface area contributed by atoms with Crippen molar-refractivity contribution in [3.05, 3.63) is 11.9 Å². The zero-order valence-corrected chi connectivity index (χ0v) is 11.1. The van der Waals surface area contributed by atoms with Gasteiger partial charge in [0.1, 0.15) is 17.5 Å². The van der Waals surface area contributed by atoms with Crippen LogP contribution < -0.4 is 21.9 Å². The summed E-state index contributed by atoms with van der Waals surface area (Å²) in [5.41, 5.74) is 2.51. The molecule has 1 aliphatic rings. The molecule has 1 aromatic heterocycles. The minimum absolute atomic E-state index is 0.0805. The van der Waals surface area contributed by atoms with Crippen molar-refractivity contribution in [3.63, 3.8) is 0 Å². The third kappa shape index (κ3) is 4.36. The fourth-order valence-electron chi connectivity index (χ4n) is 1.65. The normalized spacial score (nSPS) is 14.0. The Labute approximate surface area is 112 Å². The number of nitrogens with two attached hydrogens (primary N) is 1. The first-order valence-electron chi connectivity index (χ1n) is 6.59. The number of amides is 1. The Morgan fingerprint density at radius 1 is 1.42 bits per heavy atom. The van der Waals surface area contributed by atoms with Crippen LogP contribution in [0.4, 0.5) is 11.6 Å². The summed E-state index contributed by atoms with van der Waals surface area (Å²) in [5, 5.41) is 6.05. The van der Waals surface area contributed by atoms with Gasteiger partial charge in [0, 0.05) is 31.5 Å². The summed E-state index contributed by atoms with van der Waals surface area (Å²) in [6, 6.07) is 2.13. The number of aromatic nitrogens is 2. The minimum Gasteiger partial charge on any atom is -0.369 e. The third-order valence-corrected chi connectivity index (χ3v) is 2.84. The quantitative estimate of drug-likeness (QED) is 0.420. The van der Waals surface area contributed by atoms with Gasteiger partial charge in [-0.15, -0.1) is 0 Å². The lowest BCUT2D eigenvalue weighted by Gasteiger charge is -2.09. The summed E-state index contributed by atoms with van der Waals surface area (Å²) in [4.78, 5) is 20.0. The number of hydrogen-bond donors (Lipinski definition) is 4. The van der Waals surface area contributed by atoms with Crippen LogP contribution in [0.1, 0.15) is 32.0 Å². The molecule has 1 heterocycles. The molecule has 1 aliphatic carbocycles. The largest absolute Gasteiger partial charge is 0.369 e. The number of rotatable bonds is 7. The average Bonchev–Trinajstić information content (AvgIpc) is 3.22. The van der Waals surface area contributed by atoms with Gasteiger partial charge in [0.15, 0.2) is 0 Å². The zero-order chi connectivity index (χ0) is 13.7. The van der Waals surface area contributed by atoms with Crippen molar-refractivity contribution in [2.45, 2.75) is 38.6 Å². The first kappa shape index (κ1) is 13.5. The Balaban J connectivity index is 1.82. The molecular weight excluding hydrogens is 244 g/mol. The Morgan fingerprint density at radius 2 is 2.16 bits per heavy atom. The molecule has 2 rings (SSSR count). The Hall–Kier alpha value is -1.89. The van der Waals surface area contributed by atoms with E-state index in [0.717, 1.165) is 19.3 Å². The van der Waals surface area contributed by atoms with Gasteiger partial charge in [-0.1, -0.05) is 6.92 Å². The Kier molecular flexibility index (Phi) is 4.51. The van der Waals surface area contributed by atoms with Crippen LogP contribution in [0.3, 0.4) is 0 Å². The van der Waals surface area contributed by atoms with Gasteiger partial charge in [-0.25, -0.2) is 15.8 Å². The van der Waals surface area contributed by atoms with Crippen LogP contribution >= 0.6 is 0 Å². The maximum atomic E-state index is 11.5. The van der Waals surface area contributed by atoms with Crippen LogP contribution in [-0.4, -0.2) is 28.5 Å². The van der Waals surface area contributed by atoms with E-state index in [2.05, 4.69) is 26.0 Å². The highest BCUT2D eigenvalue weighted by Crippen LogP contribution is 2.18. The first-order chi connectivity index (χ1) is 9.21. The minimum atomic E-state index is 0.0805. The van der Waals surface area contributed by atoms with Gasteiger partial charge in [0.25, 0.3) is 0 Å². The average molecular weight is 264 g/mol. The van der Waals surface area contributed by atoms with E-state index in [9.17, 15) is 4.79 Å². The van der Waals surface area contributed by atoms with Crippen molar-refractivity contribution < 1.29 is 4.79 Å². The number of carbonyl (C=O) groups excluding carboxylic acids is 1. The smallest absolute Gasteiger partial charge is 0.221 e. The highest BCUT2D eigenvalue weighted by Gasteiger charge is 2.22. The monoisotopic (exact) mass is 264 g/mol. The van der Waals surface area contributed by atoms with Crippen LogP contribution in [0.5, 0.6) is 0 Å². The number of carbonyl (C=O) groups is 1. The summed E-state index contributed by atoms with van der Waals surface area (Å²) in [7, 11) is 0. The summed E-state index contributed by atoms with van der Waals surface area (Å²) >= 11 is 0.